The third kappa shape index (κ3) is 3.89. The zero-order valence-electron chi connectivity index (χ0n) is 18.5. The number of nitrogens with zero attached hydrogens (tertiary/aromatic N) is 1. The van der Waals surface area contributed by atoms with Crippen LogP contribution in [0.1, 0.15) is 44.6 Å². The van der Waals surface area contributed by atoms with Crippen LogP contribution in [0.15, 0.2) is 47.7 Å². The van der Waals surface area contributed by atoms with Gasteiger partial charge in [0.2, 0.25) is 5.91 Å². The van der Waals surface area contributed by atoms with Crippen molar-refractivity contribution in [3.63, 3.8) is 0 Å². The van der Waals surface area contributed by atoms with Crippen molar-refractivity contribution >= 4 is 40.6 Å². The average molecular weight is 474 g/mol. The molecule has 1 unspecified atom stereocenters. The summed E-state index contributed by atoms with van der Waals surface area (Å²) in [6.45, 7) is 4.07. The third-order valence-electron chi connectivity index (χ3n) is 6.13. The number of anilines is 1. The number of carbonyl (C=O) groups is 2. The highest BCUT2D eigenvalue weighted by Gasteiger charge is 2.45. The van der Waals surface area contributed by atoms with E-state index in [-0.39, 0.29) is 23.5 Å². The number of ether oxygens (including phenoxy) is 2. The monoisotopic (exact) mass is 473 g/mol. The first-order valence-electron chi connectivity index (χ1n) is 10.4. The quantitative estimate of drug-likeness (QED) is 0.532. The molecular weight excluding hydrogens is 449 g/mol. The number of methoxy groups -OCH3 is 2. The Morgan fingerprint density at radius 2 is 1.78 bits per heavy atom. The first-order valence-corrected chi connectivity index (χ1v) is 11.2. The predicted octanol–water partition coefficient (Wildman–Crippen LogP) is 6.17. The molecule has 2 aliphatic rings. The molecule has 168 valence electrons. The van der Waals surface area contributed by atoms with Gasteiger partial charge in [-0.3, -0.25) is 14.5 Å². The van der Waals surface area contributed by atoms with Crippen LogP contribution in [0, 0.1) is 5.41 Å². The summed E-state index contributed by atoms with van der Waals surface area (Å²) in [4.78, 5) is 28.7. The maximum atomic E-state index is 13.6. The van der Waals surface area contributed by atoms with E-state index in [4.69, 9.17) is 32.7 Å². The Bertz CT molecular complexity index is 1140. The third-order valence-corrected chi connectivity index (χ3v) is 6.94. The molecule has 32 heavy (non-hydrogen) atoms. The summed E-state index contributed by atoms with van der Waals surface area (Å²) in [6.07, 6.45) is 1.07. The van der Waals surface area contributed by atoms with Gasteiger partial charge in [0.1, 0.15) is 11.5 Å². The van der Waals surface area contributed by atoms with Crippen LogP contribution in [-0.4, -0.2) is 25.9 Å². The van der Waals surface area contributed by atoms with Gasteiger partial charge < -0.3 is 9.47 Å². The Morgan fingerprint density at radius 1 is 1.03 bits per heavy atom. The van der Waals surface area contributed by atoms with Crippen molar-refractivity contribution in [3.05, 3.63) is 63.3 Å². The maximum absolute atomic E-state index is 13.6. The summed E-state index contributed by atoms with van der Waals surface area (Å²) >= 11 is 12.8. The van der Waals surface area contributed by atoms with Crippen molar-refractivity contribution in [2.24, 2.45) is 5.41 Å². The van der Waals surface area contributed by atoms with Gasteiger partial charge in [-0.1, -0.05) is 43.1 Å². The fourth-order valence-electron chi connectivity index (χ4n) is 4.74. The second-order valence-electron chi connectivity index (χ2n) is 8.97. The fourth-order valence-corrected chi connectivity index (χ4v) is 5.12. The molecule has 1 amide bonds. The normalized spacial score (nSPS) is 20.3. The number of ketones is 1. The summed E-state index contributed by atoms with van der Waals surface area (Å²) in [6, 6.07) is 10.6. The Kier molecular flexibility index (Phi) is 5.99. The van der Waals surface area contributed by atoms with E-state index < -0.39 is 5.92 Å². The highest BCUT2D eigenvalue weighted by atomic mass is 35.5. The summed E-state index contributed by atoms with van der Waals surface area (Å²) in [5.41, 5.74) is 2.28. The second kappa shape index (κ2) is 8.45. The summed E-state index contributed by atoms with van der Waals surface area (Å²) in [7, 11) is 3.16. The molecule has 0 saturated carbocycles. The van der Waals surface area contributed by atoms with Crippen LogP contribution in [-0.2, 0) is 9.59 Å². The molecule has 1 aliphatic heterocycles. The van der Waals surface area contributed by atoms with E-state index in [2.05, 4.69) is 0 Å². The van der Waals surface area contributed by atoms with Crippen LogP contribution in [0.5, 0.6) is 11.5 Å². The lowest BCUT2D eigenvalue weighted by molar-refractivity contribution is -0.121. The molecule has 0 N–H and O–H groups in total. The number of benzene rings is 2. The Hall–Kier alpha value is -2.50. The standard InChI is InChI=1S/C25H25Cl2NO4/c1-25(2)12-19-23(20(29)13-25)16(15-10-14(31-3)8-9-21(15)32-4)11-22(30)28(19)18-7-5-6-17(26)24(18)27/h5-10,16H,11-13H2,1-4H3. The van der Waals surface area contributed by atoms with E-state index in [0.717, 1.165) is 5.56 Å². The van der Waals surface area contributed by atoms with Gasteiger partial charge in [-0.25, -0.2) is 0 Å². The van der Waals surface area contributed by atoms with Gasteiger partial charge in [-0.15, -0.1) is 0 Å². The molecule has 1 aliphatic carbocycles. The maximum Gasteiger partial charge on any atom is 0.232 e. The lowest BCUT2D eigenvalue weighted by Gasteiger charge is -2.43. The second-order valence-corrected chi connectivity index (χ2v) is 9.75. The topological polar surface area (TPSA) is 55.8 Å². The number of hydrogen-bond donors (Lipinski definition) is 0. The lowest BCUT2D eigenvalue weighted by Crippen LogP contribution is -2.44. The largest absolute Gasteiger partial charge is 0.497 e. The number of rotatable bonds is 4. The van der Waals surface area contributed by atoms with E-state index in [1.165, 1.54) is 0 Å². The molecule has 7 heteroatoms. The molecule has 5 nitrogen and oxygen atoms in total. The van der Waals surface area contributed by atoms with Gasteiger partial charge in [-0.2, -0.15) is 0 Å². The zero-order chi connectivity index (χ0) is 23.2. The first kappa shape index (κ1) is 22.7. The van der Waals surface area contributed by atoms with E-state index in [9.17, 15) is 9.59 Å². The molecule has 0 saturated heterocycles. The molecular formula is C25H25Cl2NO4. The highest BCUT2D eigenvalue weighted by Crippen LogP contribution is 2.51. The van der Waals surface area contributed by atoms with Gasteiger partial charge >= 0.3 is 0 Å². The van der Waals surface area contributed by atoms with Crippen molar-refractivity contribution in [1.29, 1.82) is 0 Å². The van der Waals surface area contributed by atoms with Crippen LogP contribution in [0.3, 0.4) is 0 Å². The average Bonchev–Trinajstić information content (AvgIpc) is 2.74. The molecule has 0 bridgehead atoms. The van der Waals surface area contributed by atoms with Gasteiger partial charge in [0.25, 0.3) is 0 Å². The smallest absolute Gasteiger partial charge is 0.232 e. The van der Waals surface area contributed by atoms with Crippen LogP contribution in [0.2, 0.25) is 10.0 Å². The molecule has 1 heterocycles. The Labute approximate surface area is 197 Å². The molecule has 2 aromatic rings. The van der Waals surface area contributed by atoms with Crippen LogP contribution in [0.25, 0.3) is 0 Å². The van der Waals surface area contributed by atoms with E-state index in [0.29, 0.717) is 51.3 Å². The SMILES string of the molecule is COc1ccc(OC)c(C2CC(=O)N(c3cccc(Cl)c3Cl)C3=C2C(=O)CC(C)(C)C3)c1. The van der Waals surface area contributed by atoms with Crippen molar-refractivity contribution < 1.29 is 19.1 Å². The van der Waals surface area contributed by atoms with Gasteiger partial charge in [0.15, 0.2) is 5.78 Å². The van der Waals surface area contributed by atoms with Gasteiger partial charge in [-0.05, 0) is 42.2 Å². The van der Waals surface area contributed by atoms with Crippen molar-refractivity contribution in [1.82, 2.24) is 0 Å². The fraction of sp³-hybridized carbons (Fsp3) is 0.360. The molecule has 4 rings (SSSR count). The van der Waals surface area contributed by atoms with E-state index in [1.807, 2.05) is 19.9 Å². The number of Topliss-reactive ketones (excluding diaryl/α,β-unsaturated/α-hetero) is 1. The molecule has 1 atom stereocenters. The van der Waals surface area contributed by atoms with Crippen molar-refractivity contribution in [3.8, 4) is 11.5 Å². The number of allylic oxidation sites excluding steroid dienone is 2. The van der Waals surface area contributed by atoms with Gasteiger partial charge in [0, 0.05) is 35.6 Å². The molecule has 0 aromatic heterocycles. The minimum atomic E-state index is -0.430. The molecule has 2 aromatic carbocycles. The summed E-state index contributed by atoms with van der Waals surface area (Å²) < 4.78 is 11.0. The van der Waals surface area contributed by atoms with E-state index in [1.54, 1.807) is 49.5 Å². The number of halogens is 2. The lowest BCUT2D eigenvalue weighted by atomic mass is 9.69. The van der Waals surface area contributed by atoms with Crippen molar-refractivity contribution in [2.45, 2.75) is 39.0 Å². The molecule has 0 spiro atoms. The number of carbonyl (C=O) groups excluding carboxylic acids is 2. The highest BCUT2D eigenvalue weighted by molar-refractivity contribution is 6.44. The van der Waals surface area contributed by atoms with Crippen molar-refractivity contribution in [2.75, 3.05) is 19.1 Å². The molecule has 0 fully saturated rings. The minimum absolute atomic E-state index is 0.0294. The Morgan fingerprint density at radius 3 is 2.47 bits per heavy atom. The van der Waals surface area contributed by atoms with Crippen LogP contribution < -0.4 is 14.4 Å². The van der Waals surface area contributed by atoms with Crippen LogP contribution >= 0.6 is 23.2 Å². The van der Waals surface area contributed by atoms with Gasteiger partial charge in [0.05, 0.1) is 30.0 Å². The number of amides is 1. The predicted molar refractivity (Wildman–Crippen MR) is 126 cm³/mol. The van der Waals surface area contributed by atoms with Crippen LogP contribution in [0.4, 0.5) is 5.69 Å². The number of hydrogen-bond acceptors (Lipinski definition) is 4. The Balaban J connectivity index is 1.96. The van der Waals surface area contributed by atoms with E-state index >= 15 is 0 Å². The minimum Gasteiger partial charge on any atom is -0.497 e. The zero-order valence-corrected chi connectivity index (χ0v) is 20.0. The summed E-state index contributed by atoms with van der Waals surface area (Å²) in [5.74, 6) is 0.706. The molecule has 0 radical (unpaired) electrons. The summed E-state index contributed by atoms with van der Waals surface area (Å²) in [5, 5.41) is 0.653. The first-order chi connectivity index (χ1) is 15.2.